The molecule has 0 aliphatic heterocycles. The first kappa shape index (κ1) is 20.4. The third-order valence-corrected chi connectivity index (χ3v) is 5.63. The Labute approximate surface area is 184 Å². The first-order valence-electron chi connectivity index (χ1n) is 9.67. The molecule has 0 saturated heterocycles. The second kappa shape index (κ2) is 8.13. The van der Waals surface area contributed by atoms with Crippen LogP contribution < -0.4 is 11.1 Å². The zero-order valence-corrected chi connectivity index (χ0v) is 18.1. The third kappa shape index (κ3) is 3.68. The summed E-state index contributed by atoms with van der Waals surface area (Å²) in [5, 5.41) is 3.76. The Kier molecular flexibility index (Phi) is 5.54. The van der Waals surface area contributed by atoms with Gasteiger partial charge in [0, 0.05) is 6.54 Å². The number of nitrogens with one attached hydrogen (secondary N) is 1. The molecule has 2 aromatic carbocycles. The standard InChI is InChI=1S/C22H21Cl2N5O/c1-12(2)9-10-26-22(30)18-19-21(28-17-6-4-3-5-16(17)27-19)29(20(18)25)13-7-8-14(23)15(24)11-13/h3-8,11-12H,9-10,25H2,1-2H3,(H,26,30). The monoisotopic (exact) mass is 441 g/mol. The largest absolute Gasteiger partial charge is 0.384 e. The molecule has 0 fully saturated rings. The van der Waals surface area contributed by atoms with E-state index in [1.165, 1.54) is 0 Å². The fourth-order valence-electron chi connectivity index (χ4n) is 3.33. The summed E-state index contributed by atoms with van der Waals surface area (Å²) in [5.74, 6) is 0.450. The molecule has 1 amide bonds. The maximum Gasteiger partial charge on any atom is 0.257 e. The molecule has 0 aliphatic carbocycles. The van der Waals surface area contributed by atoms with Crippen molar-refractivity contribution >= 4 is 57.1 Å². The number of nitrogen functional groups attached to an aromatic ring is 1. The van der Waals surface area contributed by atoms with Crippen LogP contribution in [0, 0.1) is 5.92 Å². The number of hydrogen-bond acceptors (Lipinski definition) is 4. The number of nitrogens with two attached hydrogens (primary N) is 1. The summed E-state index contributed by atoms with van der Waals surface area (Å²) >= 11 is 12.3. The van der Waals surface area contributed by atoms with Gasteiger partial charge >= 0.3 is 0 Å². The molecule has 4 rings (SSSR count). The van der Waals surface area contributed by atoms with Gasteiger partial charge in [0.25, 0.3) is 5.91 Å². The van der Waals surface area contributed by atoms with E-state index in [4.69, 9.17) is 38.9 Å². The van der Waals surface area contributed by atoms with Gasteiger partial charge in [0.15, 0.2) is 5.65 Å². The van der Waals surface area contributed by atoms with Crippen molar-refractivity contribution < 1.29 is 4.79 Å². The molecule has 0 atom stereocenters. The highest BCUT2D eigenvalue weighted by Crippen LogP contribution is 2.33. The number of halogens is 2. The molecule has 6 nitrogen and oxygen atoms in total. The first-order chi connectivity index (χ1) is 14.4. The van der Waals surface area contributed by atoms with Crippen LogP contribution >= 0.6 is 23.2 Å². The van der Waals surface area contributed by atoms with Crippen LogP contribution in [0.5, 0.6) is 0 Å². The lowest BCUT2D eigenvalue weighted by atomic mass is 10.1. The molecule has 3 N–H and O–H groups in total. The van der Waals surface area contributed by atoms with E-state index < -0.39 is 0 Å². The van der Waals surface area contributed by atoms with Gasteiger partial charge in [0.1, 0.15) is 16.9 Å². The number of anilines is 1. The van der Waals surface area contributed by atoms with Crippen LogP contribution in [-0.4, -0.2) is 27.0 Å². The maximum atomic E-state index is 13.0. The van der Waals surface area contributed by atoms with Crippen LogP contribution in [0.15, 0.2) is 42.5 Å². The number of aromatic nitrogens is 3. The summed E-state index contributed by atoms with van der Waals surface area (Å²) in [6.45, 7) is 4.76. The summed E-state index contributed by atoms with van der Waals surface area (Å²) in [6, 6.07) is 12.6. The zero-order chi connectivity index (χ0) is 21.4. The van der Waals surface area contributed by atoms with E-state index in [9.17, 15) is 4.79 Å². The number of carbonyl (C=O) groups is 1. The van der Waals surface area contributed by atoms with Gasteiger partial charge in [-0.05, 0) is 42.7 Å². The van der Waals surface area contributed by atoms with Gasteiger partial charge in [0.05, 0.1) is 26.8 Å². The van der Waals surface area contributed by atoms with Gasteiger partial charge in [-0.1, -0.05) is 49.2 Å². The molecular formula is C22H21Cl2N5O. The summed E-state index contributed by atoms with van der Waals surface area (Å²) in [7, 11) is 0. The van der Waals surface area contributed by atoms with Gasteiger partial charge in [-0.2, -0.15) is 0 Å². The minimum atomic E-state index is -0.276. The van der Waals surface area contributed by atoms with Crippen molar-refractivity contribution in [2.75, 3.05) is 12.3 Å². The molecule has 2 aromatic heterocycles. The van der Waals surface area contributed by atoms with E-state index in [2.05, 4.69) is 19.2 Å². The van der Waals surface area contributed by atoms with Crippen molar-refractivity contribution in [3.05, 3.63) is 58.1 Å². The number of rotatable bonds is 5. The third-order valence-electron chi connectivity index (χ3n) is 4.89. The number of amides is 1. The van der Waals surface area contributed by atoms with Crippen molar-refractivity contribution in [1.82, 2.24) is 19.9 Å². The second-order valence-electron chi connectivity index (χ2n) is 7.52. The highest BCUT2D eigenvalue weighted by Gasteiger charge is 2.25. The Bertz CT molecular complexity index is 1270. The average Bonchev–Trinajstić information content (AvgIpc) is 2.98. The number of para-hydroxylation sites is 2. The maximum absolute atomic E-state index is 13.0. The van der Waals surface area contributed by atoms with Gasteiger partial charge in [-0.15, -0.1) is 0 Å². The molecular weight excluding hydrogens is 421 g/mol. The topological polar surface area (TPSA) is 85.8 Å². The van der Waals surface area contributed by atoms with Gasteiger partial charge in [0.2, 0.25) is 0 Å². The summed E-state index contributed by atoms with van der Waals surface area (Å²) in [5.41, 5.74) is 9.75. The summed E-state index contributed by atoms with van der Waals surface area (Å²) in [4.78, 5) is 22.5. The molecule has 0 aliphatic rings. The fourth-order valence-corrected chi connectivity index (χ4v) is 3.63. The van der Waals surface area contributed by atoms with E-state index in [1.54, 1.807) is 22.8 Å². The van der Waals surface area contributed by atoms with E-state index in [0.29, 0.717) is 56.0 Å². The number of hydrogen-bond donors (Lipinski definition) is 2. The van der Waals surface area contributed by atoms with Gasteiger partial charge in [-0.25, -0.2) is 9.97 Å². The van der Waals surface area contributed by atoms with E-state index in [-0.39, 0.29) is 11.7 Å². The quantitative estimate of drug-likeness (QED) is 0.443. The van der Waals surface area contributed by atoms with Gasteiger partial charge in [-0.3, -0.25) is 9.36 Å². The molecule has 0 radical (unpaired) electrons. The predicted octanol–water partition coefficient (Wildman–Crippen LogP) is 5.24. The Balaban J connectivity index is 1.94. The summed E-state index contributed by atoms with van der Waals surface area (Å²) < 4.78 is 1.69. The fraction of sp³-hybridized carbons (Fsp3) is 0.227. The molecule has 154 valence electrons. The normalized spacial score (nSPS) is 11.5. The molecule has 8 heteroatoms. The SMILES string of the molecule is CC(C)CCNC(=O)c1c(N)n(-c2ccc(Cl)c(Cl)c2)c2nc3ccccc3nc12. The lowest BCUT2D eigenvalue weighted by molar-refractivity contribution is 0.0954. The molecule has 0 unspecified atom stereocenters. The Morgan fingerprint density at radius 1 is 1.10 bits per heavy atom. The van der Waals surface area contributed by atoms with Crippen LogP contribution in [0.2, 0.25) is 10.0 Å². The number of nitrogens with zero attached hydrogens (tertiary/aromatic N) is 3. The van der Waals surface area contributed by atoms with Crippen molar-refractivity contribution in [3.63, 3.8) is 0 Å². The Morgan fingerprint density at radius 2 is 1.80 bits per heavy atom. The predicted molar refractivity (Wildman–Crippen MR) is 123 cm³/mol. The molecule has 0 saturated carbocycles. The lowest BCUT2D eigenvalue weighted by Crippen LogP contribution is -2.26. The van der Waals surface area contributed by atoms with E-state index in [0.717, 1.165) is 6.42 Å². The minimum Gasteiger partial charge on any atom is -0.384 e. The van der Waals surface area contributed by atoms with Crippen LogP contribution in [0.25, 0.3) is 27.9 Å². The van der Waals surface area contributed by atoms with Crippen LogP contribution in [0.3, 0.4) is 0 Å². The molecule has 4 aromatic rings. The lowest BCUT2D eigenvalue weighted by Gasteiger charge is -2.09. The average molecular weight is 442 g/mol. The van der Waals surface area contributed by atoms with Crippen LogP contribution in [-0.2, 0) is 0 Å². The van der Waals surface area contributed by atoms with Crippen molar-refractivity contribution in [3.8, 4) is 5.69 Å². The minimum absolute atomic E-state index is 0.251. The number of benzene rings is 2. The van der Waals surface area contributed by atoms with Crippen molar-refractivity contribution in [2.24, 2.45) is 5.92 Å². The number of fused-ring (bicyclic) bond motifs is 2. The van der Waals surface area contributed by atoms with E-state index in [1.807, 2.05) is 24.3 Å². The molecule has 0 spiro atoms. The van der Waals surface area contributed by atoms with Crippen molar-refractivity contribution in [2.45, 2.75) is 20.3 Å². The van der Waals surface area contributed by atoms with Gasteiger partial charge < -0.3 is 11.1 Å². The van der Waals surface area contributed by atoms with Crippen LogP contribution in [0.4, 0.5) is 5.82 Å². The van der Waals surface area contributed by atoms with Crippen LogP contribution in [0.1, 0.15) is 30.6 Å². The highest BCUT2D eigenvalue weighted by molar-refractivity contribution is 6.42. The Hall–Kier alpha value is -2.83. The van der Waals surface area contributed by atoms with E-state index >= 15 is 0 Å². The second-order valence-corrected chi connectivity index (χ2v) is 8.33. The molecule has 30 heavy (non-hydrogen) atoms. The highest BCUT2D eigenvalue weighted by atomic mass is 35.5. The van der Waals surface area contributed by atoms with Crippen molar-refractivity contribution in [1.29, 1.82) is 0 Å². The first-order valence-corrected chi connectivity index (χ1v) is 10.4. The summed E-state index contributed by atoms with van der Waals surface area (Å²) in [6.07, 6.45) is 0.867. The molecule has 0 bridgehead atoms. The smallest absolute Gasteiger partial charge is 0.257 e. The number of carbonyl (C=O) groups excluding carboxylic acids is 1. The zero-order valence-electron chi connectivity index (χ0n) is 16.6. The molecule has 2 heterocycles. The Morgan fingerprint density at radius 3 is 2.47 bits per heavy atom.